The van der Waals surface area contributed by atoms with Crippen LogP contribution in [-0.2, 0) is 0 Å². The third kappa shape index (κ3) is 11.4. The standard InChI is InChI=1S/C12H24N2/c1-3-9-13-11-7-5-6-8-12-14-10-4-2/h3-4,13-14H,1-2,5-12H2. The summed E-state index contributed by atoms with van der Waals surface area (Å²) in [5.41, 5.74) is 0. The van der Waals surface area contributed by atoms with Crippen LogP contribution in [0.25, 0.3) is 0 Å². The van der Waals surface area contributed by atoms with Crippen molar-refractivity contribution >= 4 is 0 Å². The largest absolute Gasteiger partial charge is 0.313 e. The SMILES string of the molecule is C=CCNCCCCCCNCC=C. The molecule has 2 N–H and O–H groups in total. The molecule has 0 rings (SSSR count). The molecule has 2 heteroatoms. The fraction of sp³-hybridized carbons (Fsp3) is 0.667. The zero-order valence-corrected chi connectivity index (χ0v) is 9.23. The van der Waals surface area contributed by atoms with Crippen LogP contribution < -0.4 is 10.6 Å². The van der Waals surface area contributed by atoms with Crippen molar-refractivity contribution in [2.24, 2.45) is 0 Å². The lowest BCUT2D eigenvalue weighted by Gasteiger charge is -2.03. The van der Waals surface area contributed by atoms with Crippen molar-refractivity contribution in [2.45, 2.75) is 25.7 Å². The lowest BCUT2D eigenvalue weighted by molar-refractivity contribution is 0.585. The first-order valence-electron chi connectivity index (χ1n) is 5.55. The summed E-state index contributed by atoms with van der Waals surface area (Å²) < 4.78 is 0. The van der Waals surface area contributed by atoms with Gasteiger partial charge in [-0.2, -0.15) is 0 Å². The van der Waals surface area contributed by atoms with Crippen molar-refractivity contribution in [3.63, 3.8) is 0 Å². The predicted molar refractivity (Wildman–Crippen MR) is 64.6 cm³/mol. The van der Waals surface area contributed by atoms with Crippen molar-refractivity contribution in [3.05, 3.63) is 25.3 Å². The van der Waals surface area contributed by atoms with E-state index >= 15 is 0 Å². The molecule has 0 aromatic heterocycles. The van der Waals surface area contributed by atoms with E-state index in [0.29, 0.717) is 0 Å². The third-order valence-corrected chi connectivity index (χ3v) is 2.03. The van der Waals surface area contributed by atoms with Crippen molar-refractivity contribution in [2.75, 3.05) is 26.2 Å². The first-order chi connectivity index (χ1) is 6.91. The van der Waals surface area contributed by atoms with Gasteiger partial charge >= 0.3 is 0 Å². The fourth-order valence-electron chi connectivity index (χ4n) is 1.26. The Bertz CT molecular complexity index is 116. The number of hydrogen-bond donors (Lipinski definition) is 2. The van der Waals surface area contributed by atoms with Crippen LogP contribution in [0, 0.1) is 0 Å². The van der Waals surface area contributed by atoms with Gasteiger partial charge in [0.25, 0.3) is 0 Å². The van der Waals surface area contributed by atoms with Gasteiger partial charge in [-0.1, -0.05) is 25.0 Å². The maximum absolute atomic E-state index is 3.66. The van der Waals surface area contributed by atoms with E-state index in [2.05, 4.69) is 23.8 Å². The second kappa shape index (κ2) is 12.4. The highest BCUT2D eigenvalue weighted by Gasteiger charge is 1.89. The molecule has 82 valence electrons. The van der Waals surface area contributed by atoms with Gasteiger partial charge in [-0.3, -0.25) is 0 Å². The summed E-state index contributed by atoms with van der Waals surface area (Å²) in [5, 5.41) is 6.60. The highest BCUT2D eigenvalue weighted by Crippen LogP contribution is 1.97. The summed E-state index contributed by atoms with van der Waals surface area (Å²) in [7, 11) is 0. The molecule has 2 nitrogen and oxygen atoms in total. The van der Waals surface area contributed by atoms with E-state index in [-0.39, 0.29) is 0 Å². The molecule has 14 heavy (non-hydrogen) atoms. The lowest BCUT2D eigenvalue weighted by atomic mass is 10.2. The van der Waals surface area contributed by atoms with E-state index in [0.717, 1.165) is 26.2 Å². The van der Waals surface area contributed by atoms with Crippen LogP contribution in [0.2, 0.25) is 0 Å². The predicted octanol–water partition coefficient (Wildman–Crippen LogP) is 2.10. The number of nitrogens with one attached hydrogen (secondary N) is 2. The second-order valence-electron chi connectivity index (χ2n) is 3.40. The summed E-state index contributed by atoms with van der Waals surface area (Å²) >= 11 is 0. The van der Waals surface area contributed by atoms with Gasteiger partial charge in [-0.15, -0.1) is 13.2 Å². The molecule has 0 radical (unpaired) electrons. The maximum Gasteiger partial charge on any atom is 0.0132 e. The lowest BCUT2D eigenvalue weighted by Crippen LogP contribution is -2.16. The monoisotopic (exact) mass is 196 g/mol. The molecule has 0 heterocycles. The Morgan fingerprint density at radius 2 is 1.14 bits per heavy atom. The van der Waals surface area contributed by atoms with Crippen molar-refractivity contribution in [1.29, 1.82) is 0 Å². The molecule has 0 unspecified atom stereocenters. The molecule has 0 bridgehead atoms. The van der Waals surface area contributed by atoms with Gasteiger partial charge in [-0.05, 0) is 25.9 Å². The van der Waals surface area contributed by atoms with Gasteiger partial charge in [0.05, 0.1) is 0 Å². The topological polar surface area (TPSA) is 24.1 Å². The van der Waals surface area contributed by atoms with Crippen molar-refractivity contribution < 1.29 is 0 Å². The van der Waals surface area contributed by atoms with E-state index in [1.54, 1.807) is 0 Å². The van der Waals surface area contributed by atoms with Crippen LogP contribution in [-0.4, -0.2) is 26.2 Å². The molecule has 0 aromatic carbocycles. The maximum atomic E-state index is 3.66. The van der Waals surface area contributed by atoms with E-state index in [1.807, 2.05) is 12.2 Å². The van der Waals surface area contributed by atoms with Gasteiger partial charge in [0.2, 0.25) is 0 Å². The Balaban J connectivity index is 2.84. The van der Waals surface area contributed by atoms with Crippen LogP contribution in [0.3, 0.4) is 0 Å². The van der Waals surface area contributed by atoms with Crippen molar-refractivity contribution in [3.8, 4) is 0 Å². The molecule has 0 aliphatic rings. The molecule has 0 spiro atoms. The van der Waals surface area contributed by atoms with Crippen molar-refractivity contribution in [1.82, 2.24) is 10.6 Å². The van der Waals surface area contributed by atoms with E-state index in [1.165, 1.54) is 25.7 Å². The van der Waals surface area contributed by atoms with E-state index in [9.17, 15) is 0 Å². The smallest absolute Gasteiger partial charge is 0.0132 e. The summed E-state index contributed by atoms with van der Waals surface area (Å²) in [6.07, 6.45) is 8.99. The molecule has 0 amide bonds. The normalized spacial score (nSPS) is 10.0. The molecular formula is C12H24N2. The van der Waals surface area contributed by atoms with E-state index in [4.69, 9.17) is 0 Å². The van der Waals surface area contributed by atoms with Gasteiger partial charge in [0.15, 0.2) is 0 Å². The first-order valence-corrected chi connectivity index (χ1v) is 5.55. The summed E-state index contributed by atoms with van der Waals surface area (Å²) in [6, 6.07) is 0. The molecule has 0 saturated heterocycles. The molecule has 0 aliphatic carbocycles. The summed E-state index contributed by atoms with van der Waals surface area (Å²) in [5.74, 6) is 0. The van der Waals surface area contributed by atoms with Gasteiger partial charge in [0.1, 0.15) is 0 Å². The Hall–Kier alpha value is -0.600. The quantitative estimate of drug-likeness (QED) is 0.390. The molecule has 0 aromatic rings. The number of rotatable bonds is 11. The molecular weight excluding hydrogens is 172 g/mol. The minimum atomic E-state index is 0.931. The van der Waals surface area contributed by atoms with Crippen LogP contribution >= 0.6 is 0 Å². The minimum Gasteiger partial charge on any atom is -0.313 e. The Morgan fingerprint density at radius 3 is 1.50 bits per heavy atom. The summed E-state index contributed by atoms with van der Waals surface area (Å²) in [4.78, 5) is 0. The highest BCUT2D eigenvalue weighted by molar-refractivity contribution is 4.70. The van der Waals surface area contributed by atoms with E-state index < -0.39 is 0 Å². The first kappa shape index (κ1) is 13.4. The highest BCUT2D eigenvalue weighted by atomic mass is 14.8. The third-order valence-electron chi connectivity index (χ3n) is 2.03. The van der Waals surface area contributed by atoms with Crippen LogP contribution in [0.4, 0.5) is 0 Å². The van der Waals surface area contributed by atoms with Crippen LogP contribution in [0.15, 0.2) is 25.3 Å². The molecule has 0 aliphatic heterocycles. The summed E-state index contributed by atoms with van der Waals surface area (Å²) in [6.45, 7) is 11.4. The van der Waals surface area contributed by atoms with Crippen LogP contribution in [0.5, 0.6) is 0 Å². The second-order valence-corrected chi connectivity index (χ2v) is 3.40. The Morgan fingerprint density at radius 1 is 0.714 bits per heavy atom. The average Bonchev–Trinajstić information content (AvgIpc) is 2.21. The van der Waals surface area contributed by atoms with Gasteiger partial charge in [0, 0.05) is 13.1 Å². The zero-order chi connectivity index (χ0) is 10.5. The molecule has 0 saturated carbocycles. The minimum absolute atomic E-state index is 0.931. The van der Waals surface area contributed by atoms with Gasteiger partial charge in [-0.25, -0.2) is 0 Å². The number of hydrogen-bond acceptors (Lipinski definition) is 2. The Kier molecular flexibility index (Phi) is 11.9. The Labute approximate surface area is 88.5 Å². The number of unbranched alkanes of at least 4 members (excludes halogenated alkanes) is 3. The molecule has 0 fully saturated rings. The van der Waals surface area contributed by atoms with Crippen LogP contribution in [0.1, 0.15) is 25.7 Å². The zero-order valence-electron chi connectivity index (χ0n) is 9.23. The fourth-order valence-corrected chi connectivity index (χ4v) is 1.26. The van der Waals surface area contributed by atoms with Gasteiger partial charge < -0.3 is 10.6 Å². The average molecular weight is 196 g/mol. The molecule has 0 atom stereocenters.